The van der Waals surface area contributed by atoms with Gasteiger partial charge in [-0.25, -0.2) is 8.42 Å². The number of methoxy groups -OCH3 is 1. The normalized spacial score (nSPS) is 23.8. The number of benzene rings is 1. The molecule has 0 bridgehead atoms. The standard InChI is InChI=1S/C13H18O4S/c1-9-7-11(17-2)3-4-12(9)13(14)10-5-6-18(15,16)8-10/h3-4,7,10,13-14H,5-6,8H2,1-2H3. The molecule has 4 nitrogen and oxygen atoms in total. The topological polar surface area (TPSA) is 63.6 Å². The average Bonchev–Trinajstić information content (AvgIpc) is 2.68. The molecule has 1 aliphatic rings. The lowest BCUT2D eigenvalue weighted by Crippen LogP contribution is -2.15. The number of aliphatic hydroxyl groups is 1. The van der Waals surface area contributed by atoms with E-state index in [1.54, 1.807) is 13.2 Å². The Labute approximate surface area is 108 Å². The van der Waals surface area contributed by atoms with E-state index in [0.29, 0.717) is 6.42 Å². The number of hydrogen-bond acceptors (Lipinski definition) is 4. The zero-order chi connectivity index (χ0) is 13.3. The van der Waals surface area contributed by atoms with Crippen molar-refractivity contribution in [2.45, 2.75) is 19.4 Å². The molecule has 1 N–H and O–H groups in total. The molecule has 0 amide bonds. The summed E-state index contributed by atoms with van der Waals surface area (Å²) in [5.41, 5.74) is 1.71. The number of ether oxygens (including phenoxy) is 1. The summed E-state index contributed by atoms with van der Waals surface area (Å²) in [5, 5.41) is 10.3. The van der Waals surface area contributed by atoms with Gasteiger partial charge < -0.3 is 9.84 Å². The lowest BCUT2D eigenvalue weighted by atomic mass is 9.92. The van der Waals surface area contributed by atoms with Gasteiger partial charge in [0.1, 0.15) is 5.75 Å². The highest BCUT2D eigenvalue weighted by molar-refractivity contribution is 7.91. The highest BCUT2D eigenvalue weighted by Crippen LogP contribution is 2.33. The number of aryl methyl sites for hydroxylation is 1. The van der Waals surface area contributed by atoms with Gasteiger partial charge >= 0.3 is 0 Å². The van der Waals surface area contributed by atoms with E-state index >= 15 is 0 Å². The van der Waals surface area contributed by atoms with Gasteiger partial charge in [-0.15, -0.1) is 0 Å². The first-order valence-electron chi connectivity index (χ1n) is 5.96. The second-order valence-electron chi connectivity index (χ2n) is 4.83. The van der Waals surface area contributed by atoms with Gasteiger partial charge in [-0.05, 0) is 36.6 Å². The molecule has 0 aliphatic carbocycles. The SMILES string of the molecule is COc1ccc(C(O)C2CCS(=O)(=O)C2)c(C)c1. The number of hydrogen-bond donors (Lipinski definition) is 1. The molecule has 2 unspecified atom stereocenters. The smallest absolute Gasteiger partial charge is 0.150 e. The molecule has 0 radical (unpaired) electrons. The fraction of sp³-hybridized carbons (Fsp3) is 0.538. The maximum absolute atomic E-state index is 11.4. The molecule has 1 saturated heterocycles. The predicted octanol–water partition coefficient (Wildman–Crippen LogP) is 1.47. The average molecular weight is 270 g/mol. The molecule has 2 atom stereocenters. The van der Waals surface area contributed by atoms with Crippen LogP contribution in [0.1, 0.15) is 23.7 Å². The molecule has 5 heteroatoms. The van der Waals surface area contributed by atoms with E-state index in [9.17, 15) is 13.5 Å². The first kappa shape index (κ1) is 13.4. The van der Waals surface area contributed by atoms with E-state index < -0.39 is 15.9 Å². The van der Waals surface area contributed by atoms with Crippen LogP contribution in [0.15, 0.2) is 18.2 Å². The van der Waals surface area contributed by atoms with Crippen molar-refractivity contribution in [1.29, 1.82) is 0 Å². The summed E-state index contributed by atoms with van der Waals surface area (Å²) in [6.45, 7) is 1.89. The molecule has 0 saturated carbocycles. The summed E-state index contributed by atoms with van der Waals surface area (Å²) >= 11 is 0. The summed E-state index contributed by atoms with van der Waals surface area (Å²) in [7, 11) is -1.37. The number of sulfone groups is 1. The van der Waals surface area contributed by atoms with Crippen LogP contribution < -0.4 is 4.74 Å². The van der Waals surface area contributed by atoms with Gasteiger partial charge in [0.15, 0.2) is 9.84 Å². The Morgan fingerprint density at radius 3 is 2.67 bits per heavy atom. The highest BCUT2D eigenvalue weighted by Gasteiger charge is 2.34. The first-order chi connectivity index (χ1) is 8.43. The van der Waals surface area contributed by atoms with E-state index in [1.165, 1.54) is 0 Å². The maximum atomic E-state index is 11.4. The van der Waals surface area contributed by atoms with Crippen LogP contribution in [0.5, 0.6) is 5.75 Å². The van der Waals surface area contributed by atoms with Crippen molar-refractivity contribution < 1.29 is 18.3 Å². The fourth-order valence-electron chi connectivity index (χ4n) is 2.43. The lowest BCUT2D eigenvalue weighted by molar-refractivity contribution is 0.120. The largest absolute Gasteiger partial charge is 0.497 e. The van der Waals surface area contributed by atoms with Gasteiger partial charge in [-0.3, -0.25) is 0 Å². The Hall–Kier alpha value is -1.07. The summed E-state index contributed by atoms with van der Waals surface area (Å²) in [6, 6.07) is 5.45. The van der Waals surface area contributed by atoms with Crippen LogP contribution in [-0.2, 0) is 9.84 Å². The van der Waals surface area contributed by atoms with Crippen molar-refractivity contribution in [3.8, 4) is 5.75 Å². The van der Waals surface area contributed by atoms with Crippen LogP contribution in [-0.4, -0.2) is 32.1 Å². The second-order valence-corrected chi connectivity index (χ2v) is 7.06. The zero-order valence-electron chi connectivity index (χ0n) is 10.6. The predicted molar refractivity (Wildman–Crippen MR) is 69.5 cm³/mol. The molecule has 18 heavy (non-hydrogen) atoms. The second kappa shape index (κ2) is 4.90. The van der Waals surface area contributed by atoms with Crippen LogP contribution in [0.25, 0.3) is 0 Å². The van der Waals surface area contributed by atoms with Gasteiger partial charge in [0.25, 0.3) is 0 Å². The Morgan fingerprint density at radius 1 is 1.44 bits per heavy atom. The third-order valence-electron chi connectivity index (χ3n) is 3.51. The summed E-state index contributed by atoms with van der Waals surface area (Å²) < 4.78 is 28.0. The molecule has 1 aromatic carbocycles. The molecule has 1 fully saturated rings. The minimum Gasteiger partial charge on any atom is -0.497 e. The fourth-order valence-corrected chi connectivity index (χ4v) is 4.26. The zero-order valence-corrected chi connectivity index (χ0v) is 11.4. The van der Waals surface area contributed by atoms with Crippen molar-refractivity contribution in [2.24, 2.45) is 5.92 Å². The van der Waals surface area contributed by atoms with E-state index in [1.807, 2.05) is 19.1 Å². The molecule has 100 valence electrons. The van der Waals surface area contributed by atoms with Gasteiger partial charge in [0, 0.05) is 5.92 Å². The molecule has 1 aromatic rings. The molecule has 0 spiro atoms. The van der Waals surface area contributed by atoms with Gasteiger partial charge in [0.2, 0.25) is 0 Å². The Kier molecular flexibility index (Phi) is 3.64. The van der Waals surface area contributed by atoms with Crippen molar-refractivity contribution in [1.82, 2.24) is 0 Å². The van der Waals surface area contributed by atoms with Crippen molar-refractivity contribution in [3.05, 3.63) is 29.3 Å². The van der Waals surface area contributed by atoms with Crippen molar-refractivity contribution in [2.75, 3.05) is 18.6 Å². The van der Waals surface area contributed by atoms with E-state index in [2.05, 4.69) is 0 Å². The van der Waals surface area contributed by atoms with Crippen molar-refractivity contribution >= 4 is 9.84 Å². The molecule has 2 rings (SSSR count). The molecule has 0 aromatic heterocycles. The van der Waals surface area contributed by atoms with E-state index in [4.69, 9.17) is 4.74 Å². The number of aliphatic hydroxyl groups excluding tert-OH is 1. The van der Waals surface area contributed by atoms with Crippen molar-refractivity contribution in [3.63, 3.8) is 0 Å². The van der Waals surface area contributed by atoms with Crippen LogP contribution in [0.4, 0.5) is 0 Å². The lowest BCUT2D eigenvalue weighted by Gasteiger charge is -2.19. The Balaban J connectivity index is 2.21. The summed E-state index contributed by atoms with van der Waals surface area (Å²) in [4.78, 5) is 0. The molecule has 1 heterocycles. The van der Waals surface area contributed by atoms with Crippen LogP contribution in [0.2, 0.25) is 0 Å². The van der Waals surface area contributed by atoms with E-state index in [0.717, 1.165) is 16.9 Å². The quantitative estimate of drug-likeness (QED) is 0.903. The monoisotopic (exact) mass is 270 g/mol. The third kappa shape index (κ3) is 2.67. The molecule has 1 aliphatic heterocycles. The minimum absolute atomic E-state index is 0.0830. The minimum atomic E-state index is -2.96. The summed E-state index contributed by atoms with van der Waals surface area (Å²) in [6.07, 6.45) is -0.178. The first-order valence-corrected chi connectivity index (χ1v) is 7.78. The van der Waals surface area contributed by atoms with Crippen LogP contribution >= 0.6 is 0 Å². The summed E-state index contributed by atoms with van der Waals surface area (Å²) in [5.74, 6) is 0.813. The maximum Gasteiger partial charge on any atom is 0.150 e. The Bertz CT molecular complexity index is 536. The number of rotatable bonds is 3. The van der Waals surface area contributed by atoms with Gasteiger partial charge in [0.05, 0.1) is 24.7 Å². The molecular formula is C13H18O4S. The van der Waals surface area contributed by atoms with Gasteiger partial charge in [-0.1, -0.05) is 6.07 Å². The molecular weight excluding hydrogens is 252 g/mol. The van der Waals surface area contributed by atoms with Crippen LogP contribution in [0.3, 0.4) is 0 Å². The van der Waals surface area contributed by atoms with E-state index in [-0.39, 0.29) is 17.4 Å². The van der Waals surface area contributed by atoms with Gasteiger partial charge in [-0.2, -0.15) is 0 Å². The highest BCUT2D eigenvalue weighted by atomic mass is 32.2. The Morgan fingerprint density at radius 2 is 2.17 bits per heavy atom. The van der Waals surface area contributed by atoms with Crippen LogP contribution in [0, 0.1) is 12.8 Å². The third-order valence-corrected chi connectivity index (χ3v) is 5.30.